The van der Waals surface area contributed by atoms with Gasteiger partial charge in [0.15, 0.2) is 0 Å². The highest BCUT2D eigenvalue weighted by Crippen LogP contribution is 2.11. The third-order valence-corrected chi connectivity index (χ3v) is 2.96. The van der Waals surface area contributed by atoms with Crippen LogP contribution in [-0.4, -0.2) is 65.4 Å². The lowest BCUT2D eigenvalue weighted by Crippen LogP contribution is -2.15. The van der Waals surface area contributed by atoms with E-state index in [0.29, 0.717) is 64.1 Å². The van der Waals surface area contributed by atoms with Crippen molar-refractivity contribution in [1.29, 1.82) is 0 Å². The van der Waals surface area contributed by atoms with Gasteiger partial charge in [-0.15, -0.1) is 0 Å². The number of nitrogens with two attached hydrogens (primary N) is 1. The second-order valence-corrected chi connectivity index (χ2v) is 4.76. The fourth-order valence-electron chi connectivity index (χ4n) is 1.76. The highest BCUT2D eigenvalue weighted by Gasteiger charge is 2.09. The van der Waals surface area contributed by atoms with Crippen molar-refractivity contribution in [3.8, 4) is 0 Å². The van der Waals surface area contributed by atoms with E-state index in [-0.39, 0.29) is 6.61 Å². The molecule has 0 bridgehead atoms. The molecule has 0 saturated carbocycles. The molecule has 0 spiro atoms. The van der Waals surface area contributed by atoms with Gasteiger partial charge < -0.3 is 29.4 Å². The zero-order valence-electron chi connectivity index (χ0n) is 14.2. The lowest BCUT2D eigenvalue weighted by Gasteiger charge is -2.08. The minimum absolute atomic E-state index is 0.174. The number of carbonyl (C=O) groups excluding carboxylic acids is 1. The van der Waals surface area contributed by atoms with Crippen LogP contribution in [0.5, 0.6) is 0 Å². The Morgan fingerprint density at radius 2 is 1.33 bits per heavy atom. The Bertz CT molecular complexity index is 454. The molecule has 7 heteroatoms. The maximum atomic E-state index is 11.8. The largest absolute Gasteiger partial charge is 0.460 e. The first-order valence-corrected chi connectivity index (χ1v) is 8.08. The number of carbonyl (C=O) groups is 1. The molecule has 0 aromatic heterocycles. The van der Waals surface area contributed by atoms with Gasteiger partial charge >= 0.3 is 5.97 Å². The topological polar surface area (TPSA) is 89.2 Å². The highest BCUT2D eigenvalue weighted by molar-refractivity contribution is 5.94. The SMILES string of the molecule is CCOCCOCCOCCOCCOC(=O)c1ccccc1N. The van der Waals surface area contributed by atoms with Gasteiger partial charge in [-0.25, -0.2) is 4.79 Å². The quantitative estimate of drug-likeness (QED) is 0.312. The number of anilines is 1. The fourth-order valence-corrected chi connectivity index (χ4v) is 1.76. The first-order valence-electron chi connectivity index (χ1n) is 8.08. The molecular formula is C17H27NO6. The van der Waals surface area contributed by atoms with Crippen LogP contribution in [0.2, 0.25) is 0 Å². The van der Waals surface area contributed by atoms with E-state index in [2.05, 4.69) is 0 Å². The van der Waals surface area contributed by atoms with Gasteiger partial charge in [-0.05, 0) is 19.1 Å². The molecule has 0 fully saturated rings. The molecule has 136 valence electrons. The van der Waals surface area contributed by atoms with Gasteiger partial charge in [-0.2, -0.15) is 0 Å². The molecule has 0 radical (unpaired) electrons. The van der Waals surface area contributed by atoms with Crippen LogP contribution in [-0.2, 0) is 23.7 Å². The Morgan fingerprint density at radius 1 is 0.833 bits per heavy atom. The van der Waals surface area contributed by atoms with Crippen LogP contribution >= 0.6 is 0 Å². The van der Waals surface area contributed by atoms with Crippen LogP contribution in [0.3, 0.4) is 0 Å². The first-order chi connectivity index (χ1) is 11.8. The molecule has 1 aromatic rings. The maximum Gasteiger partial charge on any atom is 0.340 e. The molecule has 0 unspecified atom stereocenters. The summed E-state index contributed by atoms with van der Waals surface area (Å²) < 4.78 is 26.2. The van der Waals surface area contributed by atoms with Crippen molar-refractivity contribution in [1.82, 2.24) is 0 Å². The van der Waals surface area contributed by atoms with Gasteiger partial charge in [0, 0.05) is 12.3 Å². The second-order valence-electron chi connectivity index (χ2n) is 4.76. The van der Waals surface area contributed by atoms with Gasteiger partial charge in [0.1, 0.15) is 6.61 Å². The molecule has 2 N–H and O–H groups in total. The molecule has 0 aliphatic rings. The van der Waals surface area contributed by atoms with E-state index in [0.717, 1.165) is 0 Å². The summed E-state index contributed by atoms with van der Waals surface area (Å²) in [5.74, 6) is -0.447. The molecule has 0 aliphatic heterocycles. The van der Waals surface area contributed by atoms with Crippen molar-refractivity contribution in [2.24, 2.45) is 0 Å². The summed E-state index contributed by atoms with van der Waals surface area (Å²) in [5, 5.41) is 0. The minimum atomic E-state index is -0.447. The molecule has 1 rings (SSSR count). The lowest BCUT2D eigenvalue weighted by atomic mass is 10.2. The van der Waals surface area contributed by atoms with E-state index in [1.54, 1.807) is 24.3 Å². The van der Waals surface area contributed by atoms with Gasteiger partial charge in [0.05, 0.1) is 51.8 Å². The summed E-state index contributed by atoms with van der Waals surface area (Å²) in [4.78, 5) is 11.8. The summed E-state index contributed by atoms with van der Waals surface area (Å²) in [6, 6.07) is 6.79. The third kappa shape index (κ3) is 9.46. The summed E-state index contributed by atoms with van der Waals surface area (Å²) in [5.41, 5.74) is 6.47. The number of hydrogen-bond donors (Lipinski definition) is 1. The number of rotatable bonds is 14. The van der Waals surface area contributed by atoms with Crippen molar-refractivity contribution >= 4 is 11.7 Å². The van der Waals surface area contributed by atoms with Crippen molar-refractivity contribution < 1.29 is 28.5 Å². The summed E-state index contributed by atoms with van der Waals surface area (Å²) in [7, 11) is 0. The number of hydrogen-bond acceptors (Lipinski definition) is 7. The Kier molecular flexibility index (Phi) is 11.7. The molecule has 7 nitrogen and oxygen atoms in total. The first kappa shape index (κ1) is 20.4. The maximum absolute atomic E-state index is 11.8. The fraction of sp³-hybridized carbons (Fsp3) is 0.588. The van der Waals surface area contributed by atoms with E-state index < -0.39 is 5.97 Å². The van der Waals surface area contributed by atoms with Crippen LogP contribution < -0.4 is 5.73 Å². The Hall–Kier alpha value is -1.67. The van der Waals surface area contributed by atoms with Gasteiger partial charge in [-0.1, -0.05) is 12.1 Å². The normalized spacial score (nSPS) is 10.7. The average molecular weight is 341 g/mol. The van der Waals surface area contributed by atoms with E-state index >= 15 is 0 Å². The number of ether oxygens (including phenoxy) is 5. The van der Waals surface area contributed by atoms with Crippen molar-refractivity contribution in [3.05, 3.63) is 29.8 Å². The van der Waals surface area contributed by atoms with Crippen LogP contribution in [0, 0.1) is 0 Å². The van der Waals surface area contributed by atoms with Gasteiger partial charge in [0.2, 0.25) is 0 Å². The summed E-state index contributed by atoms with van der Waals surface area (Å²) in [6.07, 6.45) is 0. The molecule has 24 heavy (non-hydrogen) atoms. The van der Waals surface area contributed by atoms with Gasteiger partial charge in [0.25, 0.3) is 0 Å². The Labute approximate surface area is 143 Å². The number of para-hydroxylation sites is 1. The number of nitrogen functional groups attached to an aromatic ring is 1. The predicted molar refractivity (Wildman–Crippen MR) is 90.1 cm³/mol. The molecule has 0 heterocycles. The van der Waals surface area contributed by atoms with Gasteiger partial charge in [-0.3, -0.25) is 0 Å². The molecular weight excluding hydrogens is 314 g/mol. The zero-order valence-corrected chi connectivity index (χ0v) is 14.2. The molecule has 0 amide bonds. The van der Waals surface area contributed by atoms with Crippen molar-refractivity contribution in [3.63, 3.8) is 0 Å². The Balaban J connectivity index is 1.89. The molecule has 1 aromatic carbocycles. The van der Waals surface area contributed by atoms with E-state index in [1.807, 2.05) is 6.92 Å². The van der Waals surface area contributed by atoms with Crippen LogP contribution in [0.1, 0.15) is 17.3 Å². The number of benzene rings is 1. The molecule has 0 saturated heterocycles. The van der Waals surface area contributed by atoms with Crippen molar-refractivity contribution in [2.75, 3.05) is 65.2 Å². The van der Waals surface area contributed by atoms with Crippen molar-refractivity contribution in [2.45, 2.75) is 6.92 Å². The Morgan fingerprint density at radius 3 is 1.88 bits per heavy atom. The molecule has 0 aliphatic carbocycles. The standard InChI is InChI=1S/C17H27NO6/c1-2-20-7-8-21-9-10-22-11-12-23-13-14-24-17(19)15-5-3-4-6-16(15)18/h3-6H,2,7-14,18H2,1H3. The highest BCUT2D eigenvalue weighted by atomic mass is 16.6. The summed E-state index contributed by atoms with van der Waals surface area (Å²) >= 11 is 0. The van der Waals surface area contributed by atoms with Crippen LogP contribution in [0.25, 0.3) is 0 Å². The van der Waals surface area contributed by atoms with E-state index in [1.165, 1.54) is 0 Å². The van der Waals surface area contributed by atoms with Crippen LogP contribution in [0.15, 0.2) is 24.3 Å². The van der Waals surface area contributed by atoms with E-state index in [4.69, 9.17) is 29.4 Å². The zero-order chi connectivity index (χ0) is 17.5. The lowest BCUT2D eigenvalue weighted by molar-refractivity contribution is -0.00804. The van der Waals surface area contributed by atoms with E-state index in [9.17, 15) is 4.79 Å². The average Bonchev–Trinajstić information content (AvgIpc) is 2.59. The van der Waals surface area contributed by atoms with Crippen LogP contribution in [0.4, 0.5) is 5.69 Å². The number of esters is 1. The smallest absolute Gasteiger partial charge is 0.340 e. The monoisotopic (exact) mass is 341 g/mol. The predicted octanol–water partition coefficient (Wildman–Crippen LogP) is 1.51. The molecule has 0 atom stereocenters. The minimum Gasteiger partial charge on any atom is -0.460 e. The third-order valence-electron chi connectivity index (χ3n) is 2.96. The summed E-state index contributed by atoms with van der Waals surface area (Å²) in [6.45, 7) is 6.25. The second kappa shape index (κ2) is 13.7.